The lowest BCUT2D eigenvalue weighted by Gasteiger charge is -2.21. The van der Waals surface area contributed by atoms with Crippen LogP contribution in [-0.4, -0.2) is 12.9 Å². The smallest absolute Gasteiger partial charge is 0.123 e. The van der Waals surface area contributed by atoms with Crippen LogP contribution in [0.1, 0.15) is 22.3 Å². The lowest BCUT2D eigenvalue weighted by atomic mass is 9.94. The highest BCUT2D eigenvalue weighted by Crippen LogP contribution is 2.30. The molecule has 6 aromatic carbocycles. The zero-order valence-electron chi connectivity index (χ0n) is 25.4. The van der Waals surface area contributed by atoms with Crippen LogP contribution in [0.5, 0.6) is 0 Å². The lowest BCUT2D eigenvalue weighted by Crippen LogP contribution is -2.17. The molecule has 5 heteroatoms. The SMILES string of the molecule is CN(Cc1ccc(-c2cc3ccccc3cc2C(=N)N)cc1)c1ccccc1N.Cc1ccccc1.NCc1ccccc1. The Bertz CT molecular complexity index is 1760. The zero-order chi connectivity index (χ0) is 31.3. The minimum atomic E-state index is 0.0779. The molecule has 0 aliphatic carbocycles. The molecule has 0 radical (unpaired) electrons. The molecule has 222 valence electrons. The molecule has 0 aliphatic rings. The minimum absolute atomic E-state index is 0.0779. The number of hydrogen-bond acceptors (Lipinski definition) is 4. The molecule has 0 saturated heterocycles. The fourth-order valence-electron chi connectivity index (χ4n) is 4.83. The van der Waals surface area contributed by atoms with Crippen LogP contribution in [0.25, 0.3) is 21.9 Å². The van der Waals surface area contributed by atoms with E-state index in [0.717, 1.165) is 45.4 Å². The van der Waals surface area contributed by atoms with Gasteiger partial charge >= 0.3 is 0 Å². The van der Waals surface area contributed by atoms with Gasteiger partial charge < -0.3 is 22.1 Å². The van der Waals surface area contributed by atoms with E-state index in [1.54, 1.807) is 0 Å². The first-order valence-electron chi connectivity index (χ1n) is 14.6. The molecule has 6 aromatic rings. The topological polar surface area (TPSA) is 105 Å². The number of nitrogens with two attached hydrogens (primary N) is 3. The van der Waals surface area contributed by atoms with E-state index < -0.39 is 0 Å². The number of para-hydroxylation sites is 2. The van der Waals surface area contributed by atoms with E-state index in [1.807, 2.05) is 104 Å². The number of nitrogen functional groups attached to an aromatic ring is 2. The van der Waals surface area contributed by atoms with Gasteiger partial charge in [0.2, 0.25) is 0 Å². The summed E-state index contributed by atoms with van der Waals surface area (Å²) in [5.74, 6) is 0.0779. The molecular formula is C39H41N5. The highest BCUT2D eigenvalue weighted by molar-refractivity contribution is 6.06. The number of fused-ring (bicyclic) bond motifs is 1. The van der Waals surface area contributed by atoms with Gasteiger partial charge in [0.1, 0.15) is 5.84 Å². The van der Waals surface area contributed by atoms with E-state index in [-0.39, 0.29) is 5.84 Å². The van der Waals surface area contributed by atoms with Crippen molar-refractivity contribution in [2.75, 3.05) is 17.7 Å². The van der Waals surface area contributed by atoms with Crippen LogP contribution >= 0.6 is 0 Å². The Morgan fingerprint density at radius 3 is 1.73 bits per heavy atom. The molecule has 0 fully saturated rings. The Balaban J connectivity index is 0.000000239. The third kappa shape index (κ3) is 8.81. The molecule has 0 amide bonds. The Labute approximate surface area is 261 Å². The van der Waals surface area contributed by atoms with Crippen LogP contribution in [-0.2, 0) is 13.1 Å². The van der Waals surface area contributed by atoms with Crippen molar-refractivity contribution in [3.05, 3.63) is 168 Å². The van der Waals surface area contributed by atoms with Crippen molar-refractivity contribution < 1.29 is 0 Å². The highest BCUT2D eigenvalue weighted by Gasteiger charge is 2.11. The summed E-state index contributed by atoms with van der Waals surface area (Å²) in [6.07, 6.45) is 0. The van der Waals surface area contributed by atoms with Crippen molar-refractivity contribution in [1.82, 2.24) is 0 Å². The molecule has 5 nitrogen and oxygen atoms in total. The quantitative estimate of drug-likeness (QED) is 0.0908. The molecular weight excluding hydrogens is 538 g/mol. The van der Waals surface area contributed by atoms with E-state index in [4.69, 9.17) is 22.6 Å². The average Bonchev–Trinajstić information content (AvgIpc) is 3.06. The summed E-state index contributed by atoms with van der Waals surface area (Å²) in [6, 6.07) is 48.8. The van der Waals surface area contributed by atoms with E-state index >= 15 is 0 Å². The monoisotopic (exact) mass is 579 g/mol. The molecule has 0 saturated carbocycles. The van der Waals surface area contributed by atoms with Crippen LogP contribution in [0.15, 0.2) is 146 Å². The molecule has 7 N–H and O–H groups in total. The van der Waals surface area contributed by atoms with Crippen LogP contribution in [0.2, 0.25) is 0 Å². The van der Waals surface area contributed by atoms with Crippen LogP contribution in [0.3, 0.4) is 0 Å². The van der Waals surface area contributed by atoms with Gasteiger partial charge in [-0.2, -0.15) is 0 Å². The third-order valence-corrected chi connectivity index (χ3v) is 7.23. The molecule has 0 spiro atoms. The number of anilines is 2. The summed E-state index contributed by atoms with van der Waals surface area (Å²) < 4.78 is 0. The summed E-state index contributed by atoms with van der Waals surface area (Å²) in [7, 11) is 2.04. The molecule has 0 unspecified atom stereocenters. The average molecular weight is 580 g/mol. The maximum Gasteiger partial charge on any atom is 0.123 e. The molecule has 44 heavy (non-hydrogen) atoms. The Morgan fingerprint density at radius 2 is 1.20 bits per heavy atom. The summed E-state index contributed by atoms with van der Waals surface area (Å²) >= 11 is 0. The summed E-state index contributed by atoms with van der Waals surface area (Å²) in [5.41, 5.74) is 25.6. The number of nitrogens with one attached hydrogen (secondary N) is 1. The largest absolute Gasteiger partial charge is 0.397 e. The third-order valence-electron chi connectivity index (χ3n) is 7.23. The highest BCUT2D eigenvalue weighted by atomic mass is 15.1. The van der Waals surface area contributed by atoms with Gasteiger partial charge in [-0.15, -0.1) is 0 Å². The van der Waals surface area contributed by atoms with Crippen molar-refractivity contribution in [3.8, 4) is 11.1 Å². The predicted octanol–water partition coefficient (Wildman–Crippen LogP) is 8.15. The van der Waals surface area contributed by atoms with Gasteiger partial charge in [-0.25, -0.2) is 0 Å². The summed E-state index contributed by atoms with van der Waals surface area (Å²) in [6.45, 7) is 3.48. The maximum atomic E-state index is 8.01. The first-order chi connectivity index (χ1) is 21.4. The maximum absolute atomic E-state index is 8.01. The number of benzene rings is 6. The molecule has 6 rings (SSSR count). The molecule has 0 atom stereocenters. The van der Waals surface area contributed by atoms with E-state index in [1.165, 1.54) is 16.7 Å². The second-order valence-electron chi connectivity index (χ2n) is 10.6. The van der Waals surface area contributed by atoms with Gasteiger partial charge in [0.25, 0.3) is 0 Å². The van der Waals surface area contributed by atoms with Crippen molar-refractivity contribution in [2.45, 2.75) is 20.0 Å². The van der Waals surface area contributed by atoms with Crippen LogP contribution in [0.4, 0.5) is 11.4 Å². The fourth-order valence-corrected chi connectivity index (χ4v) is 4.83. The number of nitrogens with zero attached hydrogens (tertiary/aromatic N) is 1. The lowest BCUT2D eigenvalue weighted by molar-refractivity contribution is 0.925. The number of aryl methyl sites for hydroxylation is 1. The van der Waals surface area contributed by atoms with Crippen molar-refractivity contribution in [2.24, 2.45) is 11.5 Å². The molecule has 0 bridgehead atoms. The number of hydrogen-bond donors (Lipinski definition) is 4. The fraction of sp³-hybridized carbons (Fsp3) is 0.103. The molecule has 0 aromatic heterocycles. The van der Waals surface area contributed by atoms with Crippen LogP contribution < -0.4 is 22.1 Å². The van der Waals surface area contributed by atoms with Gasteiger partial charge in [0, 0.05) is 25.7 Å². The minimum Gasteiger partial charge on any atom is -0.397 e. The van der Waals surface area contributed by atoms with E-state index in [2.05, 4.69) is 60.4 Å². The standard InChI is InChI=1S/C25H24N4.C7H9N.C7H8/c1-29(24-9-5-4-8-23(24)26)16-17-10-12-18(13-11-17)21-14-19-6-2-3-7-20(19)15-22(21)25(27)28;8-6-7-4-2-1-3-5-7;1-7-5-3-2-4-6-7/h2-15H,16,26H2,1H3,(H3,27,28);1-5H,6,8H2;2-6H,1H3. The molecule has 0 aliphatic heterocycles. The van der Waals surface area contributed by atoms with Crippen molar-refractivity contribution >= 4 is 28.0 Å². The number of rotatable bonds is 6. The van der Waals surface area contributed by atoms with E-state index in [9.17, 15) is 0 Å². The zero-order valence-corrected chi connectivity index (χ0v) is 25.4. The van der Waals surface area contributed by atoms with E-state index in [0.29, 0.717) is 6.54 Å². The van der Waals surface area contributed by atoms with Gasteiger partial charge in [0.05, 0.1) is 11.4 Å². The predicted molar refractivity (Wildman–Crippen MR) is 189 cm³/mol. The van der Waals surface area contributed by atoms with Crippen molar-refractivity contribution in [1.29, 1.82) is 5.41 Å². The number of amidine groups is 1. The van der Waals surface area contributed by atoms with Gasteiger partial charge in [0.15, 0.2) is 0 Å². The van der Waals surface area contributed by atoms with Crippen LogP contribution in [0, 0.1) is 12.3 Å². The van der Waals surface area contributed by atoms with Gasteiger partial charge in [-0.1, -0.05) is 127 Å². The Kier molecular flexibility index (Phi) is 11.3. The second-order valence-corrected chi connectivity index (χ2v) is 10.6. The second kappa shape index (κ2) is 15.7. The summed E-state index contributed by atoms with van der Waals surface area (Å²) in [4.78, 5) is 2.14. The van der Waals surface area contributed by atoms with Gasteiger partial charge in [-0.3, -0.25) is 5.41 Å². The Hall–Kier alpha value is -5.39. The first kappa shape index (κ1) is 31.5. The Morgan fingerprint density at radius 1 is 0.659 bits per heavy atom. The first-order valence-corrected chi connectivity index (χ1v) is 14.6. The van der Waals surface area contributed by atoms with Crippen molar-refractivity contribution in [3.63, 3.8) is 0 Å². The molecule has 0 heterocycles. The summed E-state index contributed by atoms with van der Waals surface area (Å²) in [5, 5.41) is 10.2. The normalized spacial score (nSPS) is 10.2. The van der Waals surface area contributed by atoms with Gasteiger partial charge in [-0.05, 0) is 64.2 Å².